The second-order valence-corrected chi connectivity index (χ2v) is 7.96. The van der Waals surface area contributed by atoms with Gasteiger partial charge in [0, 0.05) is 10.7 Å². The number of aromatic nitrogens is 3. The summed E-state index contributed by atoms with van der Waals surface area (Å²) in [5.41, 5.74) is 0.903. The predicted molar refractivity (Wildman–Crippen MR) is 106 cm³/mol. The Bertz CT molecular complexity index is 1040. The normalized spacial score (nSPS) is 12.6. The van der Waals surface area contributed by atoms with Gasteiger partial charge in [-0.3, -0.25) is 9.36 Å². The Balaban J connectivity index is 1.73. The number of halogens is 4. The number of hydrogen-bond donors (Lipinski definition) is 1. The van der Waals surface area contributed by atoms with E-state index in [4.69, 9.17) is 11.6 Å². The molecule has 1 heterocycles. The van der Waals surface area contributed by atoms with Gasteiger partial charge in [-0.1, -0.05) is 35.5 Å². The van der Waals surface area contributed by atoms with Gasteiger partial charge in [0.2, 0.25) is 5.91 Å². The zero-order valence-corrected chi connectivity index (χ0v) is 16.9. The van der Waals surface area contributed by atoms with E-state index in [9.17, 15) is 18.0 Å². The van der Waals surface area contributed by atoms with Crippen LogP contribution in [0.2, 0.25) is 5.02 Å². The summed E-state index contributed by atoms with van der Waals surface area (Å²) >= 11 is 7.30. The van der Waals surface area contributed by atoms with E-state index in [0.717, 1.165) is 35.1 Å². The molecule has 1 aromatic heterocycles. The highest BCUT2D eigenvalue weighted by molar-refractivity contribution is 8.00. The second-order valence-electron chi connectivity index (χ2n) is 6.24. The first-order chi connectivity index (χ1) is 13.6. The summed E-state index contributed by atoms with van der Waals surface area (Å²) in [4.78, 5) is 12.5. The van der Waals surface area contributed by atoms with Crippen LogP contribution in [0, 0.1) is 6.92 Å². The number of rotatable bonds is 5. The minimum absolute atomic E-state index is 0.0732. The van der Waals surface area contributed by atoms with E-state index in [2.05, 4.69) is 15.5 Å². The smallest absolute Gasteiger partial charge is 0.325 e. The van der Waals surface area contributed by atoms with E-state index in [1.54, 1.807) is 17.6 Å². The number of anilines is 1. The minimum Gasteiger partial charge on any atom is -0.325 e. The lowest BCUT2D eigenvalue weighted by molar-refractivity contribution is -0.137. The first kappa shape index (κ1) is 21.2. The zero-order valence-electron chi connectivity index (χ0n) is 15.4. The Morgan fingerprint density at radius 2 is 2.00 bits per heavy atom. The SMILES string of the molecule is Cc1ccc(-n2cnnc2SC(C)C(=O)Nc2cccc(C(F)(F)F)c2)cc1Cl. The number of thioether (sulfide) groups is 1. The monoisotopic (exact) mass is 440 g/mol. The van der Waals surface area contributed by atoms with Gasteiger partial charge in [-0.05, 0) is 49.7 Å². The van der Waals surface area contributed by atoms with Gasteiger partial charge < -0.3 is 5.32 Å². The van der Waals surface area contributed by atoms with Gasteiger partial charge in [-0.25, -0.2) is 0 Å². The number of nitrogens with zero attached hydrogens (tertiary/aromatic N) is 3. The number of amides is 1. The van der Waals surface area contributed by atoms with Crippen molar-refractivity contribution in [3.63, 3.8) is 0 Å². The molecule has 0 bridgehead atoms. The largest absolute Gasteiger partial charge is 0.416 e. The van der Waals surface area contributed by atoms with Crippen LogP contribution in [0.25, 0.3) is 5.69 Å². The lowest BCUT2D eigenvalue weighted by Gasteiger charge is -2.14. The van der Waals surface area contributed by atoms with E-state index < -0.39 is 22.9 Å². The highest BCUT2D eigenvalue weighted by Gasteiger charge is 2.30. The topological polar surface area (TPSA) is 59.8 Å². The molecule has 5 nitrogen and oxygen atoms in total. The van der Waals surface area contributed by atoms with Crippen molar-refractivity contribution in [2.24, 2.45) is 0 Å². The molecule has 1 N–H and O–H groups in total. The van der Waals surface area contributed by atoms with Crippen LogP contribution in [-0.4, -0.2) is 25.9 Å². The van der Waals surface area contributed by atoms with Crippen molar-refractivity contribution < 1.29 is 18.0 Å². The summed E-state index contributed by atoms with van der Waals surface area (Å²) < 4.78 is 40.2. The summed E-state index contributed by atoms with van der Waals surface area (Å²) in [6.07, 6.45) is -2.98. The second kappa shape index (κ2) is 8.46. The third kappa shape index (κ3) is 5.10. The Hall–Kier alpha value is -2.52. The van der Waals surface area contributed by atoms with Crippen LogP contribution in [0.3, 0.4) is 0 Å². The van der Waals surface area contributed by atoms with Crippen LogP contribution < -0.4 is 5.32 Å². The zero-order chi connectivity index (χ0) is 21.2. The third-order valence-corrected chi connectivity index (χ3v) is 5.52. The Labute approximate surface area is 174 Å². The van der Waals surface area contributed by atoms with Crippen LogP contribution in [0.5, 0.6) is 0 Å². The third-order valence-electron chi connectivity index (χ3n) is 4.06. The maximum Gasteiger partial charge on any atom is 0.416 e. The minimum atomic E-state index is -4.48. The summed E-state index contributed by atoms with van der Waals surface area (Å²) in [6.45, 7) is 3.52. The van der Waals surface area contributed by atoms with Crippen molar-refractivity contribution in [3.05, 3.63) is 64.9 Å². The molecule has 3 aromatic rings. The molecule has 0 aliphatic rings. The average Bonchev–Trinajstić information content (AvgIpc) is 3.11. The van der Waals surface area contributed by atoms with Crippen molar-refractivity contribution in [2.45, 2.75) is 30.4 Å². The average molecular weight is 441 g/mol. The van der Waals surface area contributed by atoms with E-state index in [-0.39, 0.29) is 5.69 Å². The molecule has 29 heavy (non-hydrogen) atoms. The fourth-order valence-corrected chi connectivity index (χ4v) is 3.46. The van der Waals surface area contributed by atoms with E-state index in [1.807, 2.05) is 19.1 Å². The number of aryl methyl sites for hydroxylation is 1. The number of nitrogens with one attached hydrogen (secondary N) is 1. The number of carbonyl (C=O) groups excluding carboxylic acids is 1. The molecule has 1 unspecified atom stereocenters. The molecular weight excluding hydrogens is 425 g/mol. The lowest BCUT2D eigenvalue weighted by Crippen LogP contribution is -2.23. The van der Waals surface area contributed by atoms with Crippen molar-refractivity contribution in [3.8, 4) is 5.69 Å². The van der Waals surface area contributed by atoms with Gasteiger partial charge in [-0.2, -0.15) is 13.2 Å². The molecule has 2 aromatic carbocycles. The molecule has 0 spiro atoms. The number of hydrogen-bond acceptors (Lipinski definition) is 4. The summed E-state index contributed by atoms with van der Waals surface area (Å²) in [7, 11) is 0. The summed E-state index contributed by atoms with van der Waals surface area (Å²) in [5.74, 6) is -0.453. The first-order valence-corrected chi connectivity index (χ1v) is 9.72. The predicted octanol–water partition coefficient (Wildman–Crippen LogP) is 5.37. The number of alkyl halides is 3. The van der Waals surface area contributed by atoms with Gasteiger partial charge >= 0.3 is 6.18 Å². The van der Waals surface area contributed by atoms with E-state index in [1.165, 1.54) is 18.5 Å². The number of carbonyl (C=O) groups is 1. The van der Waals surface area contributed by atoms with Gasteiger partial charge in [0.25, 0.3) is 0 Å². The van der Waals surface area contributed by atoms with Gasteiger partial charge in [0.15, 0.2) is 5.16 Å². The van der Waals surface area contributed by atoms with Crippen LogP contribution in [0.1, 0.15) is 18.1 Å². The van der Waals surface area contributed by atoms with E-state index >= 15 is 0 Å². The molecular formula is C19H16ClF3N4OS. The molecule has 10 heteroatoms. The molecule has 0 saturated carbocycles. The fraction of sp³-hybridized carbons (Fsp3) is 0.211. The molecule has 1 amide bonds. The van der Waals surface area contributed by atoms with Crippen molar-refractivity contribution in [1.29, 1.82) is 0 Å². The quantitative estimate of drug-likeness (QED) is 0.542. The highest BCUT2D eigenvalue weighted by Crippen LogP contribution is 2.31. The Morgan fingerprint density at radius 3 is 2.69 bits per heavy atom. The summed E-state index contributed by atoms with van der Waals surface area (Å²) in [6, 6.07) is 9.96. The Kier molecular flexibility index (Phi) is 6.18. The first-order valence-electron chi connectivity index (χ1n) is 8.46. The molecule has 0 radical (unpaired) electrons. The fourth-order valence-electron chi connectivity index (χ4n) is 2.44. The van der Waals surface area contributed by atoms with Crippen LogP contribution in [0.15, 0.2) is 53.9 Å². The Morgan fingerprint density at radius 1 is 1.24 bits per heavy atom. The van der Waals surface area contributed by atoms with Crippen molar-refractivity contribution in [1.82, 2.24) is 14.8 Å². The van der Waals surface area contributed by atoms with E-state index in [0.29, 0.717) is 10.2 Å². The van der Waals surface area contributed by atoms with Crippen LogP contribution in [0.4, 0.5) is 18.9 Å². The van der Waals surface area contributed by atoms with Crippen molar-refractivity contribution in [2.75, 3.05) is 5.32 Å². The van der Waals surface area contributed by atoms with Crippen molar-refractivity contribution >= 4 is 35.0 Å². The standard InChI is InChI=1S/C19H16ClF3N4OS/c1-11-6-7-15(9-16(11)20)27-10-24-26-18(27)29-12(2)17(28)25-14-5-3-4-13(8-14)19(21,22)23/h3-10,12H,1-2H3,(H,25,28). The molecule has 0 fully saturated rings. The number of benzene rings is 2. The molecule has 3 rings (SSSR count). The summed E-state index contributed by atoms with van der Waals surface area (Å²) in [5, 5.41) is 10.8. The molecule has 0 saturated heterocycles. The lowest BCUT2D eigenvalue weighted by atomic mass is 10.2. The van der Waals surface area contributed by atoms with Gasteiger partial charge in [0.05, 0.1) is 16.5 Å². The maximum absolute atomic E-state index is 12.8. The molecule has 0 aliphatic carbocycles. The molecule has 1 atom stereocenters. The molecule has 152 valence electrons. The van der Waals surface area contributed by atoms with Crippen LogP contribution in [-0.2, 0) is 11.0 Å². The molecule has 0 aliphatic heterocycles. The van der Waals surface area contributed by atoms with Gasteiger partial charge in [0.1, 0.15) is 6.33 Å². The van der Waals surface area contributed by atoms with Crippen LogP contribution >= 0.6 is 23.4 Å². The van der Waals surface area contributed by atoms with Gasteiger partial charge in [-0.15, -0.1) is 10.2 Å². The maximum atomic E-state index is 12.8. The highest BCUT2D eigenvalue weighted by atomic mass is 35.5.